The number of carbonyl (C=O) groups excluding carboxylic acids is 1. The van der Waals surface area contributed by atoms with Crippen molar-refractivity contribution >= 4 is 23.2 Å². The quantitative estimate of drug-likeness (QED) is 0.827. The number of carbonyl (C=O) groups is 1. The van der Waals surface area contributed by atoms with Gasteiger partial charge in [0.1, 0.15) is 0 Å². The molecule has 1 atom stereocenters. The van der Waals surface area contributed by atoms with E-state index >= 15 is 0 Å². The van der Waals surface area contributed by atoms with Gasteiger partial charge in [-0.25, -0.2) is 4.98 Å². The van der Waals surface area contributed by atoms with Gasteiger partial charge < -0.3 is 5.32 Å². The zero-order valence-corrected chi connectivity index (χ0v) is 11.8. The van der Waals surface area contributed by atoms with Crippen molar-refractivity contribution in [3.63, 3.8) is 0 Å². The lowest BCUT2D eigenvalue weighted by Gasteiger charge is -2.26. The number of aromatic nitrogens is 1. The zero-order chi connectivity index (χ0) is 13.3. The highest BCUT2D eigenvalue weighted by molar-refractivity contribution is 6.32. The smallest absolute Gasteiger partial charge is 0.228 e. The molecule has 1 amide bonds. The van der Waals surface area contributed by atoms with Crippen molar-refractivity contribution in [1.29, 1.82) is 0 Å². The summed E-state index contributed by atoms with van der Waals surface area (Å²) in [6.45, 7) is 6.23. The lowest BCUT2D eigenvalue weighted by molar-refractivity contribution is -0.122. The topological polar surface area (TPSA) is 42.0 Å². The molecule has 1 heterocycles. The summed E-state index contributed by atoms with van der Waals surface area (Å²) in [5.41, 5.74) is 1.66. The van der Waals surface area contributed by atoms with Gasteiger partial charge in [-0.05, 0) is 36.8 Å². The van der Waals surface area contributed by atoms with Crippen molar-refractivity contribution in [2.24, 2.45) is 11.3 Å². The van der Waals surface area contributed by atoms with Crippen molar-refractivity contribution in [2.75, 3.05) is 5.32 Å². The summed E-state index contributed by atoms with van der Waals surface area (Å²) in [6, 6.07) is 1.85. The fourth-order valence-electron chi connectivity index (χ4n) is 2.70. The Morgan fingerprint density at radius 1 is 1.56 bits per heavy atom. The molecule has 1 saturated carbocycles. The monoisotopic (exact) mass is 266 g/mol. The molecule has 2 rings (SSSR count). The Labute approximate surface area is 113 Å². The third kappa shape index (κ3) is 2.51. The van der Waals surface area contributed by atoms with Crippen LogP contribution in [0.15, 0.2) is 12.3 Å². The maximum absolute atomic E-state index is 12.3. The fourth-order valence-corrected chi connectivity index (χ4v) is 2.95. The van der Waals surface area contributed by atoms with Gasteiger partial charge in [0.2, 0.25) is 5.91 Å². The Bertz CT molecular complexity index is 451. The number of hydrogen-bond acceptors (Lipinski definition) is 2. The molecule has 0 bridgehead atoms. The largest absolute Gasteiger partial charge is 0.323 e. The predicted molar refractivity (Wildman–Crippen MR) is 73.7 cm³/mol. The van der Waals surface area contributed by atoms with E-state index in [0.29, 0.717) is 10.8 Å². The average molecular weight is 267 g/mol. The summed E-state index contributed by atoms with van der Waals surface area (Å²) in [5, 5.41) is 3.30. The molecule has 1 fully saturated rings. The van der Waals surface area contributed by atoms with Gasteiger partial charge in [0, 0.05) is 12.1 Å². The minimum Gasteiger partial charge on any atom is -0.323 e. The SMILES string of the molecule is Cc1ccnc(Cl)c1NC(=O)C1CCCC1(C)C. The number of halogens is 1. The van der Waals surface area contributed by atoms with E-state index in [0.717, 1.165) is 24.8 Å². The molecule has 0 radical (unpaired) electrons. The number of rotatable bonds is 2. The second kappa shape index (κ2) is 4.88. The molecule has 18 heavy (non-hydrogen) atoms. The van der Waals surface area contributed by atoms with Crippen LogP contribution in [-0.4, -0.2) is 10.9 Å². The van der Waals surface area contributed by atoms with E-state index in [9.17, 15) is 4.79 Å². The van der Waals surface area contributed by atoms with Crippen LogP contribution in [-0.2, 0) is 4.79 Å². The molecule has 3 nitrogen and oxygen atoms in total. The Morgan fingerprint density at radius 2 is 2.28 bits per heavy atom. The van der Waals surface area contributed by atoms with E-state index in [1.807, 2.05) is 13.0 Å². The van der Waals surface area contributed by atoms with Crippen LogP contribution in [0, 0.1) is 18.3 Å². The highest BCUT2D eigenvalue weighted by atomic mass is 35.5. The Morgan fingerprint density at radius 3 is 2.83 bits per heavy atom. The molecule has 0 spiro atoms. The molecule has 0 aromatic carbocycles. The maximum atomic E-state index is 12.3. The number of nitrogens with one attached hydrogen (secondary N) is 1. The van der Waals surface area contributed by atoms with Crippen LogP contribution in [0.25, 0.3) is 0 Å². The van der Waals surface area contributed by atoms with Gasteiger partial charge in [-0.2, -0.15) is 0 Å². The first kappa shape index (κ1) is 13.3. The standard InChI is InChI=1S/C14H19ClN2O/c1-9-6-8-16-12(15)11(9)17-13(18)10-5-4-7-14(10,2)3/h6,8,10H,4-5,7H2,1-3H3,(H,17,18). The average Bonchev–Trinajstić information content (AvgIpc) is 2.63. The molecule has 1 unspecified atom stereocenters. The lowest BCUT2D eigenvalue weighted by Crippen LogP contribution is -2.31. The molecule has 0 aliphatic heterocycles. The van der Waals surface area contributed by atoms with E-state index in [1.165, 1.54) is 0 Å². The van der Waals surface area contributed by atoms with Gasteiger partial charge in [-0.3, -0.25) is 4.79 Å². The van der Waals surface area contributed by atoms with Crippen molar-refractivity contribution in [3.8, 4) is 0 Å². The van der Waals surface area contributed by atoms with Crippen molar-refractivity contribution < 1.29 is 4.79 Å². The summed E-state index contributed by atoms with van der Waals surface area (Å²) < 4.78 is 0. The molecule has 1 aromatic heterocycles. The predicted octanol–water partition coefficient (Wildman–Crippen LogP) is 3.81. The van der Waals surface area contributed by atoms with Crippen LogP contribution in [0.5, 0.6) is 0 Å². The maximum Gasteiger partial charge on any atom is 0.228 e. The number of nitrogens with zero attached hydrogens (tertiary/aromatic N) is 1. The van der Waals surface area contributed by atoms with Crippen LogP contribution >= 0.6 is 11.6 Å². The van der Waals surface area contributed by atoms with Gasteiger partial charge in [-0.1, -0.05) is 31.9 Å². The summed E-state index contributed by atoms with van der Waals surface area (Å²) >= 11 is 6.03. The van der Waals surface area contributed by atoms with E-state index in [-0.39, 0.29) is 17.2 Å². The van der Waals surface area contributed by atoms with Gasteiger partial charge in [0.25, 0.3) is 0 Å². The third-order valence-electron chi connectivity index (χ3n) is 3.93. The minimum absolute atomic E-state index is 0.0631. The molecular formula is C14H19ClN2O. The van der Waals surface area contributed by atoms with Gasteiger partial charge in [-0.15, -0.1) is 0 Å². The molecule has 4 heteroatoms. The van der Waals surface area contributed by atoms with Crippen LogP contribution < -0.4 is 5.32 Å². The summed E-state index contributed by atoms with van der Waals surface area (Å²) in [7, 11) is 0. The van der Waals surface area contributed by atoms with E-state index in [1.54, 1.807) is 6.20 Å². The van der Waals surface area contributed by atoms with Crippen LogP contribution in [0.2, 0.25) is 5.15 Å². The Balaban J connectivity index is 2.17. The van der Waals surface area contributed by atoms with Crippen LogP contribution in [0.3, 0.4) is 0 Å². The first-order valence-electron chi connectivity index (χ1n) is 6.34. The molecular weight excluding hydrogens is 248 g/mol. The fraction of sp³-hybridized carbons (Fsp3) is 0.571. The van der Waals surface area contributed by atoms with Gasteiger partial charge in [0.15, 0.2) is 5.15 Å². The van der Waals surface area contributed by atoms with Crippen molar-refractivity contribution in [3.05, 3.63) is 23.0 Å². The minimum atomic E-state index is 0.0631. The second-order valence-corrected chi connectivity index (χ2v) is 6.07. The molecule has 1 N–H and O–H groups in total. The molecule has 98 valence electrons. The zero-order valence-electron chi connectivity index (χ0n) is 11.1. The number of amides is 1. The Hall–Kier alpha value is -1.09. The molecule has 1 aliphatic carbocycles. The third-order valence-corrected chi connectivity index (χ3v) is 4.22. The van der Waals surface area contributed by atoms with Crippen LogP contribution in [0.1, 0.15) is 38.7 Å². The Kier molecular flexibility index (Phi) is 3.62. The van der Waals surface area contributed by atoms with Gasteiger partial charge in [0.05, 0.1) is 5.69 Å². The normalized spacial score (nSPS) is 21.9. The lowest BCUT2D eigenvalue weighted by atomic mass is 9.81. The molecule has 1 aromatic rings. The number of hydrogen-bond donors (Lipinski definition) is 1. The van der Waals surface area contributed by atoms with Crippen LogP contribution in [0.4, 0.5) is 5.69 Å². The summed E-state index contributed by atoms with van der Waals surface area (Å²) in [4.78, 5) is 16.3. The van der Waals surface area contributed by atoms with E-state index in [2.05, 4.69) is 24.1 Å². The summed E-state index contributed by atoms with van der Waals surface area (Å²) in [5.74, 6) is 0.128. The van der Waals surface area contributed by atoms with E-state index in [4.69, 9.17) is 11.6 Å². The number of anilines is 1. The first-order chi connectivity index (χ1) is 8.42. The van der Waals surface area contributed by atoms with Crippen molar-refractivity contribution in [1.82, 2.24) is 4.98 Å². The number of pyridine rings is 1. The molecule has 0 saturated heterocycles. The highest BCUT2D eigenvalue weighted by Gasteiger charge is 2.39. The number of aryl methyl sites for hydroxylation is 1. The first-order valence-corrected chi connectivity index (χ1v) is 6.71. The van der Waals surface area contributed by atoms with Crippen molar-refractivity contribution in [2.45, 2.75) is 40.0 Å². The van der Waals surface area contributed by atoms with Gasteiger partial charge >= 0.3 is 0 Å². The van der Waals surface area contributed by atoms with E-state index < -0.39 is 0 Å². The molecule has 1 aliphatic rings. The second-order valence-electron chi connectivity index (χ2n) is 5.72. The highest BCUT2D eigenvalue weighted by Crippen LogP contribution is 2.43. The summed E-state index contributed by atoms with van der Waals surface area (Å²) in [6.07, 6.45) is 4.82.